The van der Waals surface area contributed by atoms with Crippen LogP contribution in [0, 0.1) is 46.3 Å². The van der Waals surface area contributed by atoms with Gasteiger partial charge in [0.25, 0.3) is 0 Å². The van der Waals surface area contributed by atoms with Crippen molar-refractivity contribution in [3.8, 4) is 0 Å². The standard InChI is InChI=1S/C45H74O19/c1-18(17-58-40-37(55)35(53)32(50)27(15-46)60-40)8-11-45(57)19(2)30-26(64-45)14-25-23-7-6-21-12-22(48)13-29(44(21,5)24(23)9-10-43(25,30)4)62-42-39(36(54)33(51)28(16-47)61-42)63-41-38(56)34(52)31(49)20(3)59-41/h6,18-20,22-42,46-57H,7-17H2,1-5H3/t18-,19+,20+,22-,23-,24+,25+,26?,27-,28-,29-,30+,31+,32-,33-,34-,35+,36+,37-,38-,39-,40-,41+,42+,43+,44+,45-/m1/s1. The topological polar surface area (TPSA) is 307 Å². The second-order valence-corrected chi connectivity index (χ2v) is 21.1. The summed E-state index contributed by atoms with van der Waals surface area (Å²) in [7, 11) is 0. The molecule has 0 aromatic heterocycles. The van der Waals surface area contributed by atoms with E-state index in [-0.39, 0.29) is 60.1 Å². The Morgan fingerprint density at radius 1 is 0.750 bits per heavy atom. The van der Waals surface area contributed by atoms with Gasteiger partial charge in [0, 0.05) is 24.2 Å². The quantitative estimate of drug-likeness (QED) is 0.0956. The van der Waals surface area contributed by atoms with E-state index in [0.29, 0.717) is 19.3 Å². The number of allylic oxidation sites excluding steroid dienone is 1. The van der Waals surface area contributed by atoms with Gasteiger partial charge in [-0.25, -0.2) is 0 Å². The molecule has 4 aliphatic carbocycles. The molecule has 4 heterocycles. The van der Waals surface area contributed by atoms with Crippen LogP contribution in [0.4, 0.5) is 0 Å². The molecular formula is C45H74O19. The Labute approximate surface area is 373 Å². The molecule has 8 aliphatic rings. The highest BCUT2D eigenvalue weighted by atomic mass is 16.8. The second kappa shape index (κ2) is 18.7. The lowest BCUT2D eigenvalue weighted by Gasteiger charge is -2.60. The van der Waals surface area contributed by atoms with E-state index in [0.717, 1.165) is 31.3 Å². The third-order valence-corrected chi connectivity index (χ3v) is 17.4. The SMILES string of the molecule is C[C@H](CC[C@@]1(O)OC2C[C@H]3[C@@H]4CC=C5C[C@@H](O)C[C@@H](O[C@@H]6O[C@H](CO)[C@@H](O)[C@H](O)[C@H]6O[C@@H]6O[C@@H](C)[C@H](O)[C@@H](O)[C@H]6O)[C@]5(C)[C@H]4CC[C@]3(C)[C@H]2[C@@H]1C)CO[C@@H]1O[C@H](CO)[C@@H](O)[C@H](O)[C@H]1O. The molecule has 1 unspecified atom stereocenters. The van der Waals surface area contributed by atoms with Gasteiger partial charge in [0.05, 0.1) is 44.2 Å². The summed E-state index contributed by atoms with van der Waals surface area (Å²) in [6.45, 7) is 8.93. The number of aliphatic hydroxyl groups is 12. The molecular weight excluding hydrogens is 844 g/mol. The van der Waals surface area contributed by atoms with E-state index in [1.807, 2.05) is 6.92 Å². The molecule has 0 amide bonds. The highest BCUT2D eigenvalue weighted by molar-refractivity contribution is 5.29. The number of fused-ring (bicyclic) bond motifs is 7. The fourth-order valence-corrected chi connectivity index (χ4v) is 13.6. The largest absolute Gasteiger partial charge is 0.394 e. The Kier molecular flexibility index (Phi) is 14.4. The van der Waals surface area contributed by atoms with Crippen LogP contribution in [0.15, 0.2) is 11.6 Å². The van der Waals surface area contributed by atoms with E-state index in [2.05, 4.69) is 26.8 Å². The van der Waals surface area contributed by atoms with Crippen LogP contribution in [-0.4, -0.2) is 197 Å². The van der Waals surface area contributed by atoms with Crippen LogP contribution >= 0.6 is 0 Å². The fraction of sp³-hybridized carbons (Fsp3) is 0.956. The predicted molar refractivity (Wildman–Crippen MR) is 219 cm³/mol. The first-order chi connectivity index (χ1) is 30.2. The van der Waals surface area contributed by atoms with Crippen molar-refractivity contribution in [2.75, 3.05) is 19.8 Å². The maximum Gasteiger partial charge on any atom is 0.187 e. The van der Waals surface area contributed by atoms with Crippen LogP contribution in [0.2, 0.25) is 0 Å². The van der Waals surface area contributed by atoms with Crippen molar-refractivity contribution in [2.45, 2.75) is 202 Å². The van der Waals surface area contributed by atoms with E-state index in [1.54, 1.807) is 0 Å². The minimum atomic E-state index is -1.71. The number of aliphatic hydroxyl groups excluding tert-OH is 11. The molecule has 0 aromatic carbocycles. The average molecular weight is 919 g/mol. The molecule has 19 nitrogen and oxygen atoms in total. The van der Waals surface area contributed by atoms with Gasteiger partial charge in [-0.05, 0) is 80.5 Å². The Balaban J connectivity index is 0.952. The van der Waals surface area contributed by atoms with Crippen LogP contribution < -0.4 is 0 Å². The summed E-state index contributed by atoms with van der Waals surface area (Å²) >= 11 is 0. The van der Waals surface area contributed by atoms with Gasteiger partial charge in [0.15, 0.2) is 24.7 Å². The molecule has 4 saturated heterocycles. The Bertz CT molecular complexity index is 1640. The van der Waals surface area contributed by atoms with Crippen molar-refractivity contribution in [1.82, 2.24) is 0 Å². The van der Waals surface area contributed by atoms with E-state index in [9.17, 15) is 61.3 Å². The number of rotatable bonds is 12. The zero-order valence-electron chi connectivity index (χ0n) is 37.4. The molecule has 64 heavy (non-hydrogen) atoms. The van der Waals surface area contributed by atoms with E-state index in [1.165, 1.54) is 6.92 Å². The first-order valence-electron chi connectivity index (χ1n) is 23.5. The van der Waals surface area contributed by atoms with Gasteiger partial charge >= 0.3 is 0 Å². The van der Waals surface area contributed by atoms with Crippen LogP contribution in [0.3, 0.4) is 0 Å². The van der Waals surface area contributed by atoms with E-state index < -0.39 is 129 Å². The number of hydrogen-bond acceptors (Lipinski definition) is 19. The van der Waals surface area contributed by atoms with Crippen LogP contribution in [0.5, 0.6) is 0 Å². The van der Waals surface area contributed by atoms with Gasteiger partial charge in [-0.2, -0.15) is 0 Å². The van der Waals surface area contributed by atoms with Gasteiger partial charge in [-0.1, -0.05) is 39.3 Å². The maximum atomic E-state index is 12.1. The summed E-state index contributed by atoms with van der Waals surface area (Å²) in [4.78, 5) is 0. The zero-order chi connectivity index (χ0) is 46.4. The summed E-state index contributed by atoms with van der Waals surface area (Å²) in [5.74, 6) is -1.02. The van der Waals surface area contributed by atoms with E-state index >= 15 is 0 Å². The molecule has 12 N–H and O–H groups in total. The van der Waals surface area contributed by atoms with Crippen molar-refractivity contribution in [3.05, 3.63) is 11.6 Å². The lowest BCUT2D eigenvalue weighted by atomic mass is 9.46. The predicted octanol–water partition coefficient (Wildman–Crippen LogP) is -1.86. The Hall–Kier alpha value is -1.02. The van der Waals surface area contributed by atoms with Gasteiger partial charge in [-0.3, -0.25) is 0 Å². The highest BCUT2D eigenvalue weighted by Crippen LogP contribution is 2.70. The van der Waals surface area contributed by atoms with Crippen LogP contribution in [-0.2, 0) is 33.2 Å². The molecule has 27 atom stereocenters. The molecule has 3 saturated carbocycles. The van der Waals surface area contributed by atoms with Crippen molar-refractivity contribution in [3.63, 3.8) is 0 Å². The summed E-state index contributed by atoms with van der Waals surface area (Å²) in [5.41, 5.74) is 0.296. The third kappa shape index (κ3) is 8.36. The highest BCUT2D eigenvalue weighted by Gasteiger charge is 2.69. The second-order valence-electron chi connectivity index (χ2n) is 21.1. The van der Waals surface area contributed by atoms with Gasteiger partial charge in [-0.15, -0.1) is 0 Å². The van der Waals surface area contributed by atoms with Gasteiger partial charge in [0.2, 0.25) is 0 Å². The van der Waals surface area contributed by atoms with Crippen LogP contribution in [0.25, 0.3) is 0 Å². The number of hydrogen-bond donors (Lipinski definition) is 12. The molecule has 368 valence electrons. The maximum absolute atomic E-state index is 12.1. The first-order valence-corrected chi connectivity index (χ1v) is 23.5. The summed E-state index contributed by atoms with van der Waals surface area (Å²) in [6.07, 6.45) is -16.0. The van der Waals surface area contributed by atoms with Crippen molar-refractivity contribution < 1.29 is 94.4 Å². The van der Waals surface area contributed by atoms with Crippen molar-refractivity contribution >= 4 is 0 Å². The smallest absolute Gasteiger partial charge is 0.187 e. The minimum Gasteiger partial charge on any atom is -0.394 e. The molecule has 4 aliphatic heterocycles. The van der Waals surface area contributed by atoms with E-state index in [4.69, 9.17) is 33.2 Å². The Morgan fingerprint density at radius 3 is 2.08 bits per heavy atom. The number of ether oxygens (including phenoxy) is 7. The summed E-state index contributed by atoms with van der Waals surface area (Å²) < 4.78 is 42.6. The first kappa shape index (κ1) is 49.4. The molecule has 19 heteroatoms. The average Bonchev–Trinajstić information content (AvgIpc) is 3.70. The molecule has 8 rings (SSSR count). The molecule has 0 spiro atoms. The van der Waals surface area contributed by atoms with Gasteiger partial charge < -0.3 is 94.4 Å². The van der Waals surface area contributed by atoms with Crippen molar-refractivity contribution in [1.29, 1.82) is 0 Å². The monoisotopic (exact) mass is 918 g/mol. The fourth-order valence-electron chi connectivity index (χ4n) is 13.6. The lowest BCUT2D eigenvalue weighted by Crippen LogP contribution is -2.65. The molecule has 7 fully saturated rings. The third-order valence-electron chi connectivity index (χ3n) is 17.4. The summed E-state index contributed by atoms with van der Waals surface area (Å²) in [5, 5.41) is 128. The minimum absolute atomic E-state index is 0.0825. The molecule has 0 radical (unpaired) electrons. The molecule has 0 bridgehead atoms. The Morgan fingerprint density at radius 2 is 1.39 bits per heavy atom. The van der Waals surface area contributed by atoms with Crippen LogP contribution in [0.1, 0.15) is 86.0 Å². The van der Waals surface area contributed by atoms with Crippen molar-refractivity contribution in [2.24, 2.45) is 46.3 Å². The van der Waals surface area contributed by atoms with Gasteiger partial charge in [0.1, 0.15) is 67.1 Å². The normalized spacial score (nSPS) is 55.5. The molecule has 0 aromatic rings. The summed E-state index contributed by atoms with van der Waals surface area (Å²) in [6, 6.07) is 0. The zero-order valence-corrected chi connectivity index (χ0v) is 37.4. The lowest BCUT2D eigenvalue weighted by molar-refractivity contribution is -0.374.